The van der Waals surface area contributed by atoms with Crippen molar-refractivity contribution < 1.29 is 9.90 Å². The van der Waals surface area contributed by atoms with E-state index in [0.29, 0.717) is 18.5 Å². The number of rotatable bonds is 6. The lowest BCUT2D eigenvalue weighted by Gasteiger charge is -2.39. The molecule has 1 fully saturated rings. The number of amides is 2. The fourth-order valence-corrected chi connectivity index (χ4v) is 2.06. The van der Waals surface area contributed by atoms with Crippen molar-refractivity contribution in [3.63, 3.8) is 0 Å². The van der Waals surface area contributed by atoms with Gasteiger partial charge in [0.25, 0.3) is 0 Å². The SMILES string of the molecule is CCCN(CCO)C(=O)NCC1(C)CCC1. The van der Waals surface area contributed by atoms with Gasteiger partial charge in [0.05, 0.1) is 6.61 Å². The van der Waals surface area contributed by atoms with E-state index in [-0.39, 0.29) is 12.6 Å². The standard InChI is InChI=1S/C12H24N2O2/c1-3-7-14(8-9-15)11(16)13-10-12(2)5-4-6-12/h15H,3-10H2,1-2H3,(H,13,16). The van der Waals surface area contributed by atoms with Gasteiger partial charge >= 0.3 is 6.03 Å². The van der Waals surface area contributed by atoms with Crippen molar-refractivity contribution in [1.82, 2.24) is 10.2 Å². The van der Waals surface area contributed by atoms with Gasteiger partial charge in [-0.15, -0.1) is 0 Å². The molecule has 2 amide bonds. The quantitative estimate of drug-likeness (QED) is 0.725. The molecule has 0 aromatic rings. The molecule has 1 rings (SSSR count). The summed E-state index contributed by atoms with van der Waals surface area (Å²) in [5.41, 5.74) is 0.312. The summed E-state index contributed by atoms with van der Waals surface area (Å²) < 4.78 is 0. The first-order valence-corrected chi connectivity index (χ1v) is 6.25. The molecular weight excluding hydrogens is 204 g/mol. The first kappa shape index (κ1) is 13.3. The molecule has 0 unspecified atom stereocenters. The molecule has 0 radical (unpaired) electrons. The number of hydrogen-bond donors (Lipinski definition) is 2. The van der Waals surface area contributed by atoms with Crippen molar-refractivity contribution >= 4 is 6.03 Å². The van der Waals surface area contributed by atoms with Crippen molar-refractivity contribution in [3.8, 4) is 0 Å². The second kappa shape index (κ2) is 6.09. The summed E-state index contributed by atoms with van der Waals surface area (Å²) in [6.07, 6.45) is 4.62. The Labute approximate surface area is 98.0 Å². The van der Waals surface area contributed by atoms with Gasteiger partial charge in [0.1, 0.15) is 0 Å². The summed E-state index contributed by atoms with van der Waals surface area (Å²) in [5, 5.41) is 11.8. The van der Waals surface area contributed by atoms with Gasteiger partial charge in [0.15, 0.2) is 0 Å². The summed E-state index contributed by atoms with van der Waals surface area (Å²) in [6.45, 7) is 6.18. The number of aliphatic hydroxyl groups is 1. The summed E-state index contributed by atoms with van der Waals surface area (Å²) in [7, 11) is 0. The van der Waals surface area contributed by atoms with Gasteiger partial charge < -0.3 is 15.3 Å². The molecule has 94 valence electrons. The maximum absolute atomic E-state index is 11.8. The van der Waals surface area contributed by atoms with Crippen LogP contribution in [0.5, 0.6) is 0 Å². The van der Waals surface area contributed by atoms with E-state index >= 15 is 0 Å². The predicted octanol–water partition coefficient (Wildman–Crippen LogP) is 1.59. The van der Waals surface area contributed by atoms with Crippen LogP contribution in [-0.2, 0) is 0 Å². The first-order valence-electron chi connectivity index (χ1n) is 6.25. The third kappa shape index (κ3) is 3.67. The van der Waals surface area contributed by atoms with Crippen LogP contribution >= 0.6 is 0 Å². The lowest BCUT2D eigenvalue weighted by atomic mass is 9.70. The van der Waals surface area contributed by atoms with Crippen LogP contribution < -0.4 is 5.32 Å². The van der Waals surface area contributed by atoms with Crippen LogP contribution in [0.4, 0.5) is 4.79 Å². The third-order valence-corrected chi connectivity index (χ3v) is 3.38. The van der Waals surface area contributed by atoms with Crippen LogP contribution in [-0.4, -0.2) is 42.3 Å². The molecule has 1 aliphatic rings. The fourth-order valence-electron chi connectivity index (χ4n) is 2.06. The Balaban J connectivity index is 2.30. The number of aliphatic hydroxyl groups excluding tert-OH is 1. The molecule has 4 heteroatoms. The average Bonchev–Trinajstić information content (AvgIpc) is 2.23. The zero-order valence-electron chi connectivity index (χ0n) is 10.5. The molecule has 0 aromatic carbocycles. The highest BCUT2D eigenvalue weighted by Gasteiger charge is 2.32. The Morgan fingerprint density at radius 3 is 2.56 bits per heavy atom. The molecule has 0 bridgehead atoms. The van der Waals surface area contributed by atoms with E-state index in [0.717, 1.165) is 13.0 Å². The first-order chi connectivity index (χ1) is 7.61. The van der Waals surface area contributed by atoms with Gasteiger partial charge in [-0.1, -0.05) is 20.3 Å². The monoisotopic (exact) mass is 228 g/mol. The maximum atomic E-state index is 11.8. The Kier molecular flexibility index (Phi) is 5.06. The number of carbonyl (C=O) groups excluding carboxylic acids is 1. The Morgan fingerprint density at radius 1 is 1.44 bits per heavy atom. The minimum absolute atomic E-state index is 0.0324. The van der Waals surface area contributed by atoms with Crippen LogP contribution in [0.25, 0.3) is 0 Å². The zero-order chi connectivity index (χ0) is 12.0. The second-order valence-electron chi connectivity index (χ2n) is 5.03. The molecule has 1 aliphatic carbocycles. The number of nitrogens with zero attached hydrogens (tertiary/aromatic N) is 1. The van der Waals surface area contributed by atoms with Crippen molar-refractivity contribution in [2.24, 2.45) is 5.41 Å². The van der Waals surface area contributed by atoms with E-state index in [1.165, 1.54) is 19.3 Å². The number of urea groups is 1. The fraction of sp³-hybridized carbons (Fsp3) is 0.917. The lowest BCUT2D eigenvalue weighted by Crippen LogP contribution is -2.47. The van der Waals surface area contributed by atoms with E-state index in [4.69, 9.17) is 5.11 Å². The highest BCUT2D eigenvalue weighted by Crippen LogP contribution is 2.39. The van der Waals surface area contributed by atoms with Crippen LogP contribution in [0.15, 0.2) is 0 Å². The summed E-state index contributed by atoms with van der Waals surface area (Å²) >= 11 is 0. The largest absolute Gasteiger partial charge is 0.395 e. The van der Waals surface area contributed by atoms with Crippen molar-refractivity contribution in [1.29, 1.82) is 0 Å². The minimum atomic E-state index is -0.0379. The van der Waals surface area contributed by atoms with Crippen LogP contribution in [0.2, 0.25) is 0 Å². The summed E-state index contributed by atoms with van der Waals surface area (Å²) in [4.78, 5) is 13.5. The molecule has 1 saturated carbocycles. The average molecular weight is 228 g/mol. The van der Waals surface area contributed by atoms with Crippen LogP contribution in [0.3, 0.4) is 0 Å². The van der Waals surface area contributed by atoms with Gasteiger partial charge in [-0.3, -0.25) is 0 Å². The second-order valence-corrected chi connectivity index (χ2v) is 5.03. The molecule has 0 aliphatic heterocycles. The highest BCUT2D eigenvalue weighted by molar-refractivity contribution is 5.74. The van der Waals surface area contributed by atoms with Gasteiger partial charge in [-0.25, -0.2) is 4.79 Å². The molecule has 0 aromatic heterocycles. The molecule has 0 spiro atoms. The van der Waals surface area contributed by atoms with Crippen LogP contribution in [0.1, 0.15) is 39.5 Å². The maximum Gasteiger partial charge on any atom is 0.317 e. The molecule has 4 nitrogen and oxygen atoms in total. The van der Waals surface area contributed by atoms with Gasteiger partial charge in [0, 0.05) is 19.6 Å². The molecule has 0 heterocycles. The number of hydrogen-bond acceptors (Lipinski definition) is 2. The smallest absolute Gasteiger partial charge is 0.317 e. The van der Waals surface area contributed by atoms with E-state index in [9.17, 15) is 4.79 Å². The van der Waals surface area contributed by atoms with Crippen molar-refractivity contribution in [3.05, 3.63) is 0 Å². The van der Waals surface area contributed by atoms with Crippen molar-refractivity contribution in [2.45, 2.75) is 39.5 Å². The molecular formula is C12H24N2O2. The minimum Gasteiger partial charge on any atom is -0.395 e. The van der Waals surface area contributed by atoms with Crippen LogP contribution in [0, 0.1) is 5.41 Å². The van der Waals surface area contributed by atoms with E-state index in [2.05, 4.69) is 12.2 Å². The van der Waals surface area contributed by atoms with Gasteiger partial charge in [0.2, 0.25) is 0 Å². The normalized spacial score (nSPS) is 17.7. The number of carbonyl (C=O) groups is 1. The Morgan fingerprint density at radius 2 is 2.12 bits per heavy atom. The summed E-state index contributed by atoms with van der Waals surface area (Å²) in [5.74, 6) is 0. The van der Waals surface area contributed by atoms with Gasteiger partial charge in [-0.2, -0.15) is 0 Å². The van der Waals surface area contributed by atoms with Gasteiger partial charge in [-0.05, 0) is 24.7 Å². The lowest BCUT2D eigenvalue weighted by molar-refractivity contribution is 0.142. The molecule has 0 atom stereocenters. The zero-order valence-corrected chi connectivity index (χ0v) is 10.5. The van der Waals surface area contributed by atoms with E-state index < -0.39 is 0 Å². The number of nitrogens with one attached hydrogen (secondary N) is 1. The Hall–Kier alpha value is -0.770. The molecule has 0 saturated heterocycles. The van der Waals surface area contributed by atoms with Crippen molar-refractivity contribution in [2.75, 3.05) is 26.2 Å². The van der Waals surface area contributed by atoms with E-state index in [1.54, 1.807) is 4.90 Å². The van der Waals surface area contributed by atoms with E-state index in [1.807, 2.05) is 6.92 Å². The highest BCUT2D eigenvalue weighted by atomic mass is 16.3. The Bertz CT molecular complexity index is 221. The third-order valence-electron chi connectivity index (χ3n) is 3.38. The topological polar surface area (TPSA) is 52.6 Å². The molecule has 2 N–H and O–H groups in total. The predicted molar refractivity (Wildman–Crippen MR) is 64.3 cm³/mol. The molecule has 16 heavy (non-hydrogen) atoms. The summed E-state index contributed by atoms with van der Waals surface area (Å²) in [6, 6.07) is -0.0379.